The zero-order chi connectivity index (χ0) is 12.1. The Morgan fingerprint density at radius 1 is 1.62 bits per heavy atom. The molecule has 0 saturated carbocycles. The summed E-state index contributed by atoms with van der Waals surface area (Å²) >= 11 is 1.55. The highest BCUT2D eigenvalue weighted by Gasteiger charge is 2.15. The predicted octanol–water partition coefficient (Wildman–Crippen LogP) is 1.56. The van der Waals surface area contributed by atoms with Gasteiger partial charge in [0.25, 0.3) is 5.91 Å². The summed E-state index contributed by atoms with van der Waals surface area (Å²) in [5.74, 6) is 0.382. The maximum absolute atomic E-state index is 11.9. The highest BCUT2D eigenvalue weighted by atomic mass is 32.1. The van der Waals surface area contributed by atoms with E-state index >= 15 is 0 Å². The molecule has 1 aromatic heterocycles. The minimum atomic E-state index is -0.00148. The molecule has 0 atom stereocenters. The Morgan fingerprint density at radius 3 is 2.81 bits per heavy atom. The highest BCUT2D eigenvalue weighted by molar-refractivity contribution is 7.09. The lowest BCUT2D eigenvalue weighted by atomic mass is 10.2. The molecule has 1 rings (SSSR count). The third-order valence-electron chi connectivity index (χ3n) is 2.28. The zero-order valence-corrected chi connectivity index (χ0v) is 11.1. The molecule has 1 heterocycles. The molecule has 0 aliphatic heterocycles. The molecule has 0 spiro atoms. The van der Waals surface area contributed by atoms with E-state index in [1.54, 1.807) is 23.3 Å². The Hall–Kier alpha value is -0.940. The van der Waals surface area contributed by atoms with Crippen LogP contribution in [-0.4, -0.2) is 43.0 Å². The van der Waals surface area contributed by atoms with Crippen LogP contribution in [0.3, 0.4) is 0 Å². The molecule has 5 heteroatoms. The van der Waals surface area contributed by atoms with Crippen LogP contribution >= 0.6 is 11.3 Å². The van der Waals surface area contributed by atoms with Crippen LogP contribution < -0.4 is 5.32 Å². The number of amides is 1. The molecule has 1 aromatic rings. The summed E-state index contributed by atoms with van der Waals surface area (Å²) in [4.78, 5) is 18.0. The van der Waals surface area contributed by atoms with Gasteiger partial charge in [0.05, 0.1) is 5.01 Å². The van der Waals surface area contributed by atoms with Crippen molar-refractivity contribution in [2.75, 3.05) is 27.2 Å². The summed E-state index contributed by atoms with van der Waals surface area (Å²) in [5, 5.41) is 5.88. The normalized spacial score (nSPS) is 10.8. The number of hydrogen-bond donors (Lipinski definition) is 1. The van der Waals surface area contributed by atoms with E-state index in [-0.39, 0.29) is 5.91 Å². The van der Waals surface area contributed by atoms with Gasteiger partial charge in [0.1, 0.15) is 5.69 Å². The number of rotatable bonds is 5. The van der Waals surface area contributed by atoms with Crippen molar-refractivity contribution in [1.82, 2.24) is 15.2 Å². The summed E-state index contributed by atoms with van der Waals surface area (Å²) in [6.45, 7) is 5.66. The largest absolute Gasteiger partial charge is 0.339 e. The first-order valence-corrected chi connectivity index (χ1v) is 6.29. The van der Waals surface area contributed by atoms with Crippen LogP contribution in [0.15, 0.2) is 5.38 Å². The maximum Gasteiger partial charge on any atom is 0.273 e. The fourth-order valence-corrected chi connectivity index (χ4v) is 2.04. The van der Waals surface area contributed by atoms with Gasteiger partial charge in [0.15, 0.2) is 0 Å². The number of thiazole rings is 1. The Balaban J connectivity index is 2.65. The standard InChI is InChI=1S/C11H19N3OS/c1-8(2)10-13-9(7-16-10)11(15)14(4)6-5-12-3/h7-8,12H,5-6H2,1-4H3. The molecule has 1 amide bonds. The average Bonchev–Trinajstić information content (AvgIpc) is 2.74. The number of likely N-dealkylation sites (N-methyl/N-ethyl adjacent to an activating group) is 2. The fourth-order valence-electron chi connectivity index (χ4n) is 1.23. The topological polar surface area (TPSA) is 45.2 Å². The quantitative estimate of drug-likeness (QED) is 0.851. The first kappa shape index (κ1) is 13.1. The van der Waals surface area contributed by atoms with Crippen LogP contribution in [-0.2, 0) is 0 Å². The smallest absolute Gasteiger partial charge is 0.273 e. The lowest BCUT2D eigenvalue weighted by Crippen LogP contribution is -2.32. The van der Waals surface area contributed by atoms with E-state index in [0.717, 1.165) is 11.6 Å². The molecule has 16 heavy (non-hydrogen) atoms. The van der Waals surface area contributed by atoms with Gasteiger partial charge in [-0.05, 0) is 7.05 Å². The van der Waals surface area contributed by atoms with E-state index in [1.807, 2.05) is 12.4 Å². The minimum Gasteiger partial charge on any atom is -0.339 e. The van der Waals surface area contributed by atoms with Crippen LogP contribution in [0.2, 0.25) is 0 Å². The van der Waals surface area contributed by atoms with Gasteiger partial charge in [-0.1, -0.05) is 13.8 Å². The number of nitrogens with one attached hydrogen (secondary N) is 1. The summed E-state index contributed by atoms with van der Waals surface area (Å²) in [5.41, 5.74) is 0.562. The number of carbonyl (C=O) groups is 1. The summed E-state index contributed by atoms with van der Waals surface area (Å²) in [6, 6.07) is 0. The molecule has 1 N–H and O–H groups in total. The van der Waals surface area contributed by atoms with Crippen molar-refractivity contribution >= 4 is 17.2 Å². The van der Waals surface area contributed by atoms with Gasteiger partial charge in [-0.3, -0.25) is 4.79 Å². The molecule has 0 radical (unpaired) electrons. The van der Waals surface area contributed by atoms with Crippen molar-refractivity contribution < 1.29 is 4.79 Å². The molecule has 0 saturated heterocycles. The number of carbonyl (C=O) groups excluding carboxylic acids is 1. The molecule has 0 aromatic carbocycles. The second-order valence-corrected chi connectivity index (χ2v) is 4.95. The van der Waals surface area contributed by atoms with Crippen molar-refractivity contribution in [3.63, 3.8) is 0 Å². The Kier molecular flexibility index (Phi) is 4.89. The maximum atomic E-state index is 11.9. The number of nitrogens with zero attached hydrogens (tertiary/aromatic N) is 2. The SMILES string of the molecule is CNCCN(C)C(=O)c1csc(C(C)C)n1. The molecular weight excluding hydrogens is 222 g/mol. The van der Waals surface area contributed by atoms with Crippen LogP contribution in [0.4, 0.5) is 0 Å². The van der Waals surface area contributed by atoms with E-state index in [9.17, 15) is 4.79 Å². The molecule has 0 bridgehead atoms. The summed E-state index contributed by atoms with van der Waals surface area (Å²) in [6.07, 6.45) is 0. The highest BCUT2D eigenvalue weighted by Crippen LogP contribution is 2.19. The van der Waals surface area contributed by atoms with Gasteiger partial charge in [0.2, 0.25) is 0 Å². The monoisotopic (exact) mass is 241 g/mol. The van der Waals surface area contributed by atoms with E-state index in [4.69, 9.17) is 0 Å². The first-order valence-electron chi connectivity index (χ1n) is 5.41. The summed E-state index contributed by atoms with van der Waals surface area (Å²) in [7, 11) is 3.67. The van der Waals surface area contributed by atoms with Gasteiger partial charge in [-0.15, -0.1) is 11.3 Å². The average molecular weight is 241 g/mol. The lowest BCUT2D eigenvalue weighted by molar-refractivity contribution is 0.0791. The van der Waals surface area contributed by atoms with Crippen molar-refractivity contribution in [2.45, 2.75) is 19.8 Å². The number of aromatic nitrogens is 1. The third-order valence-corrected chi connectivity index (χ3v) is 3.42. The molecule has 90 valence electrons. The molecule has 0 fully saturated rings. The van der Waals surface area contributed by atoms with Crippen molar-refractivity contribution in [2.24, 2.45) is 0 Å². The minimum absolute atomic E-state index is 0.00148. The second kappa shape index (κ2) is 5.96. The van der Waals surface area contributed by atoms with Crippen molar-refractivity contribution in [1.29, 1.82) is 0 Å². The van der Waals surface area contributed by atoms with Gasteiger partial charge < -0.3 is 10.2 Å². The van der Waals surface area contributed by atoms with Gasteiger partial charge in [-0.2, -0.15) is 0 Å². The number of hydrogen-bond acceptors (Lipinski definition) is 4. The van der Waals surface area contributed by atoms with E-state index in [1.165, 1.54) is 0 Å². The van der Waals surface area contributed by atoms with E-state index in [2.05, 4.69) is 24.1 Å². The van der Waals surface area contributed by atoms with Gasteiger partial charge in [-0.25, -0.2) is 4.98 Å². The van der Waals surface area contributed by atoms with Crippen LogP contribution in [0.5, 0.6) is 0 Å². The molecule has 0 aliphatic rings. The Morgan fingerprint density at radius 2 is 2.31 bits per heavy atom. The van der Waals surface area contributed by atoms with Crippen LogP contribution in [0, 0.1) is 0 Å². The molecular formula is C11H19N3OS. The predicted molar refractivity (Wildman–Crippen MR) is 67.1 cm³/mol. The van der Waals surface area contributed by atoms with E-state index in [0.29, 0.717) is 18.2 Å². The molecule has 0 unspecified atom stereocenters. The Labute approximate surface area is 101 Å². The van der Waals surface area contributed by atoms with Crippen molar-refractivity contribution in [3.8, 4) is 0 Å². The fraction of sp³-hybridized carbons (Fsp3) is 0.636. The molecule has 4 nitrogen and oxygen atoms in total. The van der Waals surface area contributed by atoms with Gasteiger partial charge in [0, 0.05) is 31.4 Å². The van der Waals surface area contributed by atoms with Crippen LogP contribution in [0.1, 0.15) is 35.3 Å². The third kappa shape index (κ3) is 3.28. The van der Waals surface area contributed by atoms with E-state index < -0.39 is 0 Å². The second-order valence-electron chi connectivity index (χ2n) is 4.06. The van der Waals surface area contributed by atoms with Crippen molar-refractivity contribution in [3.05, 3.63) is 16.1 Å². The first-order chi connectivity index (χ1) is 7.56. The van der Waals surface area contributed by atoms with Crippen LogP contribution in [0.25, 0.3) is 0 Å². The molecule has 0 aliphatic carbocycles. The zero-order valence-electron chi connectivity index (χ0n) is 10.3. The lowest BCUT2D eigenvalue weighted by Gasteiger charge is -2.15. The summed E-state index contributed by atoms with van der Waals surface area (Å²) < 4.78 is 0. The Bertz CT molecular complexity index is 349. The van der Waals surface area contributed by atoms with Gasteiger partial charge >= 0.3 is 0 Å².